The molecule has 1 amide bonds. The SMILES string of the molecule is CC(C)=C(Cl)N(C)C.COc1cc(COc2cc(NC(=O)c3cccc(N4CCNCC4)c3)n[nH]2)cc(OC)c1. The number of nitrogens with zero attached hydrogens (tertiary/aromatic N) is 3. The molecule has 216 valence electrons. The number of allylic oxidation sites excluding steroid dienone is 1. The number of nitrogens with one attached hydrogen (secondary N) is 3. The van der Waals surface area contributed by atoms with Crippen LogP contribution in [0.3, 0.4) is 0 Å². The van der Waals surface area contributed by atoms with Crippen LogP contribution in [0.25, 0.3) is 0 Å². The fourth-order valence-corrected chi connectivity index (χ4v) is 3.96. The predicted octanol–water partition coefficient (Wildman–Crippen LogP) is 4.71. The predicted molar refractivity (Wildman–Crippen MR) is 160 cm³/mol. The molecule has 1 aliphatic rings. The second-order valence-electron chi connectivity index (χ2n) is 9.55. The van der Waals surface area contributed by atoms with Gasteiger partial charge in [-0.15, -0.1) is 0 Å². The van der Waals surface area contributed by atoms with Gasteiger partial charge in [0.2, 0.25) is 5.88 Å². The van der Waals surface area contributed by atoms with E-state index >= 15 is 0 Å². The first-order chi connectivity index (χ1) is 19.2. The fourth-order valence-electron chi connectivity index (χ4n) is 3.96. The van der Waals surface area contributed by atoms with Crippen LogP contribution in [0, 0.1) is 0 Å². The molecule has 1 aliphatic heterocycles. The molecule has 0 radical (unpaired) electrons. The second-order valence-corrected chi connectivity index (χ2v) is 9.91. The molecule has 3 aromatic rings. The molecule has 0 bridgehead atoms. The summed E-state index contributed by atoms with van der Waals surface area (Å²) in [6.45, 7) is 7.99. The third-order valence-corrected chi connectivity index (χ3v) is 6.71. The van der Waals surface area contributed by atoms with Crippen molar-refractivity contribution in [3.8, 4) is 17.4 Å². The van der Waals surface area contributed by atoms with Gasteiger partial charge in [0.15, 0.2) is 5.82 Å². The zero-order valence-electron chi connectivity index (χ0n) is 24.0. The fraction of sp³-hybridized carbons (Fsp3) is 0.379. The van der Waals surface area contributed by atoms with Crippen LogP contribution in [-0.4, -0.2) is 75.5 Å². The van der Waals surface area contributed by atoms with Gasteiger partial charge in [0.05, 0.1) is 14.2 Å². The van der Waals surface area contributed by atoms with Gasteiger partial charge in [-0.25, -0.2) is 5.10 Å². The van der Waals surface area contributed by atoms with E-state index in [1.165, 1.54) is 0 Å². The van der Waals surface area contributed by atoms with Crippen LogP contribution >= 0.6 is 11.6 Å². The first kappa shape index (κ1) is 30.6. The molecule has 0 aliphatic carbocycles. The molecular weight excluding hydrogens is 532 g/mol. The van der Waals surface area contributed by atoms with E-state index in [1.807, 2.05) is 63.2 Å². The van der Waals surface area contributed by atoms with Crippen molar-refractivity contribution in [1.82, 2.24) is 20.4 Å². The topological polar surface area (TPSA) is 104 Å². The highest BCUT2D eigenvalue weighted by Gasteiger charge is 2.14. The molecule has 2 aromatic carbocycles. The Morgan fingerprint density at radius 3 is 2.30 bits per heavy atom. The Labute approximate surface area is 241 Å². The maximum absolute atomic E-state index is 12.7. The molecule has 2 heterocycles. The second kappa shape index (κ2) is 15.0. The number of H-pyrrole nitrogens is 1. The summed E-state index contributed by atoms with van der Waals surface area (Å²) in [5.74, 6) is 1.97. The Bertz CT molecular complexity index is 1260. The van der Waals surface area contributed by atoms with E-state index in [1.54, 1.807) is 32.4 Å². The number of benzene rings is 2. The Hall–Kier alpha value is -3.89. The number of methoxy groups -OCH3 is 2. The molecule has 0 saturated carbocycles. The van der Waals surface area contributed by atoms with Gasteiger partial charge in [-0.2, -0.15) is 5.10 Å². The lowest BCUT2D eigenvalue weighted by Gasteiger charge is -2.29. The van der Waals surface area contributed by atoms with E-state index in [-0.39, 0.29) is 12.5 Å². The number of halogens is 1. The smallest absolute Gasteiger partial charge is 0.256 e. The quantitative estimate of drug-likeness (QED) is 0.318. The van der Waals surface area contributed by atoms with Crippen molar-refractivity contribution in [2.75, 3.05) is 64.7 Å². The number of ether oxygens (including phenoxy) is 3. The minimum Gasteiger partial charge on any atom is -0.497 e. The lowest BCUT2D eigenvalue weighted by atomic mass is 10.1. The van der Waals surface area contributed by atoms with Crippen LogP contribution in [0.4, 0.5) is 11.5 Å². The summed E-state index contributed by atoms with van der Waals surface area (Å²) in [6.07, 6.45) is 0. The highest BCUT2D eigenvalue weighted by Crippen LogP contribution is 2.24. The van der Waals surface area contributed by atoms with Crippen LogP contribution in [0.15, 0.2) is 59.3 Å². The molecule has 1 saturated heterocycles. The van der Waals surface area contributed by atoms with Gasteiger partial charge in [-0.05, 0) is 55.3 Å². The molecular formula is C29H39ClN6O4. The summed E-state index contributed by atoms with van der Waals surface area (Å²) in [7, 11) is 7.05. The van der Waals surface area contributed by atoms with E-state index in [0.29, 0.717) is 28.8 Å². The molecule has 0 spiro atoms. The number of aromatic nitrogens is 2. The summed E-state index contributed by atoms with van der Waals surface area (Å²) in [5, 5.41) is 13.9. The van der Waals surface area contributed by atoms with Gasteiger partial charge in [-0.3, -0.25) is 4.79 Å². The lowest BCUT2D eigenvalue weighted by Crippen LogP contribution is -2.43. The highest BCUT2D eigenvalue weighted by atomic mass is 35.5. The molecule has 1 fully saturated rings. The Morgan fingerprint density at radius 2 is 1.73 bits per heavy atom. The van der Waals surface area contributed by atoms with Crippen molar-refractivity contribution in [1.29, 1.82) is 0 Å². The maximum atomic E-state index is 12.7. The van der Waals surface area contributed by atoms with Gasteiger partial charge in [-0.1, -0.05) is 17.7 Å². The van der Waals surface area contributed by atoms with Crippen LogP contribution in [-0.2, 0) is 6.61 Å². The van der Waals surface area contributed by atoms with Gasteiger partial charge in [0.25, 0.3) is 5.91 Å². The molecule has 1 aromatic heterocycles. The van der Waals surface area contributed by atoms with Crippen molar-refractivity contribution in [2.24, 2.45) is 0 Å². The van der Waals surface area contributed by atoms with Crippen LogP contribution in [0.1, 0.15) is 29.8 Å². The number of carbonyl (C=O) groups is 1. The Kier molecular flexibility index (Phi) is 11.5. The van der Waals surface area contributed by atoms with E-state index < -0.39 is 0 Å². The van der Waals surface area contributed by atoms with Gasteiger partial charge < -0.3 is 34.6 Å². The first-order valence-electron chi connectivity index (χ1n) is 13.0. The van der Waals surface area contributed by atoms with E-state index in [4.69, 9.17) is 25.8 Å². The van der Waals surface area contributed by atoms with Crippen molar-refractivity contribution >= 4 is 29.0 Å². The number of anilines is 2. The number of aromatic amines is 1. The Morgan fingerprint density at radius 1 is 1.05 bits per heavy atom. The zero-order valence-corrected chi connectivity index (χ0v) is 24.8. The van der Waals surface area contributed by atoms with Gasteiger partial charge in [0.1, 0.15) is 23.3 Å². The van der Waals surface area contributed by atoms with E-state index in [9.17, 15) is 4.79 Å². The number of rotatable bonds is 9. The minimum absolute atomic E-state index is 0.224. The summed E-state index contributed by atoms with van der Waals surface area (Å²) in [6, 6.07) is 14.8. The monoisotopic (exact) mass is 570 g/mol. The van der Waals surface area contributed by atoms with Gasteiger partial charge >= 0.3 is 0 Å². The largest absolute Gasteiger partial charge is 0.497 e. The summed E-state index contributed by atoms with van der Waals surface area (Å²) in [5.41, 5.74) is 3.65. The lowest BCUT2D eigenvalue weighted by molar-refractivity contribution is 0.102. The minimum atomic E-state index is -0.224. The molecule has 40 heavy (non-hydrogen) atoms. The molecule has 10 nitrogen and oxygen atoms in total. The molecule has 3 N–H and O–H groups in total. The van der Waals surface area contributed by atoms with Crippen LogP contribution in [0.5, 0.6) is 17.4 Å². The number of hydrogen-bond acceptors (Lipinski definition) is 8. The number of piperazine rings is 1. The zero-order chi connectivity index (χ0) is 29.1. The molecule has 4 rings (SSSR count). The van der Waals surface area contributed by atoms with E-state index in [2.05, 4.69) is 25.7 Å². The maximum Gasteiger partial charge on any atom is 0.256 e. The number of hydrogen-bond donors (Lipinski definition) is 3. The summed E-state index contributed by atoms with van der Waals surface area (Å²) >= 11 is 5.76. The van der Waals surface area contributed by atoms with Crippen molar-refractivity contribution < 1.29 is 19.0 Å². The average Bonchev–Trinajstić information content (AvgIpc) is 3.43. The van der Waals surface area contributed by atoms with Crippen molar-refractivity contribution in [2.45, 2.75) is 20.5 Å². The third-order valence-electron chi connectivity index (χ3n) is 6.00. The number of carbonyl (C=O) groups excluding carboxylic acids is 1. The molecule has 11 heteroatoms. The number of amides is 1. The normalized spacial score (nSPS) is 12.5. The summed E-state index contributed by atoms with van der Waals surface area (Å²) < 4.78 is 16.3. The first-order valence-corrected chi connectivity index (χ1v) is 13.4. The van der Waals surface area contributed by atoms with Crippen LogP contribution in [0.2, 0.25) is 0 Å². The van der Waals surface area contributed by atoms with Crippen LogP contribution < -0.4 is 29.7 Å². The van der Waals surface area contributed by atoms with Crippen molar-refractivity contribution in [3.63, 3.8) is 0 Å². The molecule has 0 unspecified atom stereocenters. The van der Waals surface area contributed by atoms with E-state index in [0.717, 1.165) is 48.2 Å². The molecule has 0 atom stereocenters. The van der Waals surface area contributed by atoms with Crippen molar-refractivity contribution in [3.05, 3.63) is 70.4 Å². The summed E-state index contributed by atoms with van der Waals surface area (Å²) in [4.78, 5) is 16.9. The highest BCUT2D eigenvalue weighted by molar-refractivity contribution is 6.29. The van der Waals surface area contributed by atoms with Gasteiger partial charge in [0, 0.05) is 63.7 Å². The standard InChI is InChI=1S/C23H27N5O4.C6H12ClN/c1-30-19-10-16(11-20(13-19)31-2)15-32-22-14-21(26-27-22)25-23(29)17-4-3-5-18(12-17)28-8-6-24-7-9-28;1-5(2)6(7)8(3)4/h3-5,10-14,24H,6-9,15H2,1-2H3,(H2,25,26,27,29);1-4H3. The third kappa shape index (κ3) is 9.10. The average molecular weight is 571 g/mol. The Balaban J connectivity index is 0.000000482.